The number of halogens is 1. The summed E-state index contributed by atoms with van der Waals surface area (Å²) in [5.41, 5.74) is 0. The fourth-order valence-electron chi connectivity index (χ4n) is 0.863. The average molecular weight is 225 g/mol. The van der Waals surface area contributed by atoms with Gasteiger partial charge >= 0.3 is 0 Å². The largest absolute Gasteiger partial charge is 0.239 e. The van der Waals surface area contributed by atoms with Gasteiger partial charge in [0, 0.05) is 10.7 Å². The van der Waals surface area contributed by atoms with Gasteiger partial charge in [0.1, 0.15) is 5.75 Å². The van der Waals surface area contributed by atoms with Crippen LogP contribution in [0.2, 0.25) is 0 Å². The van der Waals surface area contributed by atoms with Crippen molar-refractivity contribution < 1.29 is 8.42 Å². The van der Waals surface area contributed by atoms with E-state index < -0.39 is 9.05 Å². The molecule has 0 aliphatic rings. The minimum atomic E-state index is -3.59. The second kappa shape index (κ2) is 3.59. The Morgan fingerprint density at radius 2 is 2.15 bits per heavy atom. The summed E-state index contributed by atoms with van der Waals surface area (Å²) in [7, 11) is 1.47. The summed E-state index contributed by atoms with van der Waals surface area (Å²) in [6, 6.07) is 0.0171. The molecule has 0 fully saturated rings. The summed E-state index contributed by atoms with van der Waals surface area (Å²) in [5, 5.41) is 10.6. The van der Waals surface area contributed by atoms with Gasteiger partial charge in [0.25, 0.3) is 0 Å². The van der Waals surface area contributed by atoms with Gasteiger partial charge in [-0.15, -0.1) is 5.10 Å². The third-order valence-electron chi connectivity index (χ3n) is 1.35. The molecule has 0 N–H and O–H groups in total. The predicted molar refractivity (Wildman–Crippen MR) is 46.7 cm³/mol. The third kappa shape index (κ3) is 2.92. The first-order valence-corrected chi connectivity index (χ1v) is 6.07. The van der Waals surface area contributed by atoms with E-state index >= 15 is 0 Å². The molecule has 0 unspecified atom stereocenters. The Bertz CT molecular complexity index is 385. The number of nitrogens with zero attached hydrogens (tertiary/aromatic N) is 4. The molecular weight excluding hydrogens is 216 g/mol. The van der Waals surface area contributed by atoms with Crippen LogP contribution in [0.3, 0.4) is 0 Å². The van der Waals surface area contributed by atoms with E-state index in [9.17, 15) is 8.42 Å². The molecule has 74 valence electrons. The molecule has 0 saturated carbocycles. The number of aromatic nitrogens is 4. The molecule has 1 aromatic rings. The van der Waals surface area contributed by atoms with Gasteiger partial charge in [-0.2, -0.15) is 0 Å². The van der Waals surface area contributed by atoms with Crippen molar-refractivity contribution in [2.24, 2.45) is 0 Å². The number of tetrazole rings is 1. The molecule has 1 aromatic heterocycles. The Morgan fingerprint density at radius 1 is 1.54 bits per heavy atom. The lowest BCUT2D eigenvalue weighted by Crippen LogP contribution is -2.10. The fourth-order valence-corrected chi connectivity index (χ4v) is 1.65. The number of hydrogen-bond acceptors (Lipinski definition) is 5. The normalized spacial score (nSPS) is 12.3. The molecule has 0 bridgehead atoms. The van der Waals surface area contributed by atoms with Crippen LogP contribution in [-0.4, -0.2) is 28.6 Å². The van der Waals surface area contributed by atoms with E-state index in [0.29, 0.717) is 0 Å². The van der Waals surface area contributed by atoms with Gasteiger partial charge in [-0.1, -0.05) is 0 Å². The summed E-state index contributed by atoms with van der Waals surface area (Å²) >= 11 is 0. The SMILES string of the molecule is CC(C)n1nnnc1CS(=O)(=O)Cl. The van der Waals surface area contributed by atoms with Crippen molar-refractivity contribution in [3.8, 4) is 0 Å². The van der Waals surface area contributed by atoms with E-state index in [0.717, 1.165) is 0 Å². The molecule has 13 heavy (non-hydrogen) atoms. The van der Waals surface area contributed by atoms with Gasteiger partial charge in [0.15, 0.2) is 5.82 Å². The summed E-state index contributed by atoms with van der Waals surface area (Å²) in [4.78, 5) is 0. The first kappa shape index (κ1) is 10.4. The van der Waals surface area contributed by atoms with E-state index in [1.807, 2.05) is 13.8 Å². The van der Waals surface area contributed by atoms with Crippen LogP contribution in [0.1, 0.15) is 25.7 Å². The highest BCUT2D eigenvalue weighted by molar-refractivity contribution is 8.13. The lowest BCUT2D eigenvalue weighted by molar-refractivity contribution is 0.499. The zero-order chi connectivity index (χ0) is 10.1. The Hall–Kier alpha value is -0.690. The Labute approximate surface area is 80.3 Å². The highest BCUT2D eigenvalue weighted by Gasteiger charge is 2.15. The van der Waals surface area contributed by atoms with Crippen LogP contribution in [-0.2, 0) is 14.8 Å². The average Bonchev–Trinajstić information content (AvgIpc) is 2.31. The van der Waals surface area contributed by atoms with Crippen molar-refractivity contribution in [2.75, 3.05) is 0 Å². The molecule has 0 amide bonds. The van der Waals surface area contributed by atoms with E-state index in [1.54, 1.807) is 0 Å². The maximum Gasteiger partial charge on any atom is 0.239 e. The van der Waals surface area contributed by atoms with E-state index in [2.05, 4.69) is 15.5 Å². The first-order chi connectivity index (χ1) is 5.90. The maximum atomic E-state index is 10.7. The predicted octanol–water partition coefficient (Wildman–Crippen LogP) is 0.323. The second-order valence-corrected chi connectivity index (χ2v) is 5.59. The van der Waals surface area contributed by atoms with Gasteiger partial charge in [-0.05, 0) is 24.3 Å². The van der Waals surface area contributed by atoms with Crippen LogP contribution in [0.25, 0.3) is 0 Å². The van der Waals surface area contributed by atoms with Crippen molar-refractivity contribution in [1.29, 1.82) is 0 Å². The van der Waals surface area contributed by atoms with Crippen molar-refractivity contribution in [3.05, 3.63) is 5.82 Å². The standard InChI is InChI=1S/C5H9ClN4O2S/c1-4(2)10-5(7-8-9-10)3-13(6,11)12/h4H,3H2,1-2H3. The summed E-state index contributed by atoms with van der Waals surface area (Å²) < 4.78 is 22.9. The van der Waals surface area contributed by atoms with E-state index in [1.165, 1.54) is 4.68 Å². The van der Waals surface area contributed by atoms with Crippen molar-refractivity contribution in [3.63, 3.8) is 0 Å². The van der Waals surface area contributed by atoms with Crippen LogP contribution in [0.15, 0.2) is 0 Å². The molecule has 0 radical (unpaired) electrons. The topological polar surface area (TPSA) is 77.7 Å². The van der Waals surface area contributed by atoms with Crippen molar-refractivity contribution in [1.82, 2.24) is 20.2 Å². The smallest absolute Gasteiger partial charge is 0.226 e. The molecular formula is C5H9ClN4O2S. The lowest BCUT2D eigenvalue weighted by atomic mass is 10.4. The summed E-state index contributed by atoms with van der Waals surface area (Å²) in [6.45, 7) is 3.70. The monoisotopic (exact) mass is 224 g/mol. The van der Waals surface area contributed by atoms with Gasteiger partial charge in [-0.3, -0.25) is 0 Å². The van der Waals surface area contributed by atoms with Crippen LogP contribution < -0.4 is 0 Å². The highest BCUT2D eigenvalue weighted by atomic mass is 35.7. The summed E-state index contributed by atoms with van der Waals surface area (Å²) in [5.74, 6) is -0.0929. The van der Waals surface area contributed by atoms with Gasteiger partial charge in [0.05, 0.1) is 6.04 Å². The minimum Gasteiger partial charge on any atom is -0.226 e. The van der Waals surface area contributed by atoms with Gasteiger partial charge in [0.2, 0.25) is 9.05 Å². The zero-order valence-corrected chi connectivity index (χ0v) is 8.75. The van der Waals surface area contributed by atoms with E-state index in [4.69, 9.17) is 10.7 Å². The Morgan fingerprint density at radius 3 is 2.62 bits per heavy atom. The van der Waals surface area contributed by atoms with Crippen LogP contribution in [0.4, 0.5) is 0 Å². The van der Waals surface area contributed by atoms with Gasteiger partial charge in [-0.25, -0.2) is 13.1 Å². The molecule has 0 spiro atoms. The molecule has 1 heterocycles. The van der Waals surface area contributed by atoms with E-state index in [-0.39, 0.29) is 17.6 Å². The van der Waals surface area contributed by atoms with Crippen molar-refractivity contribution >= 4 is 19.7 Å². The lowest BCUT2D eigenvalue weighted by Gasteiger charge is -2.05. The minimum absolute atomic E-state index is 0.0171. The fraction of sp³-hybridized carbons (Fsp3) is 0.800. The van der Waals surface area contributed by atoms with Crippen LogP contribution in [0, 0.1) is 0 Å². The highest BCUT2D eigenvalue weighted by Crippen LogP contribution is 2.09. The number of hydrogen-bond donors (Lipinski definition) is 0. The molecule has 0 saturated heterocycles. The second-order valence-electron chi connectivity index (χ2n) is 2.82. The Balaban J connectivity index is 2.96. The quantitative estimate of drug-likeness (QED) is 0.691. The zero-order valence-electron chi connectivity index (χ0n) is 7.18. The molecule has 0 aliphatic heterocycles. The van der Waals surface area contributed by atoms with Crippen molar-refractivity contribution in [2.45, 2.75) is 25.6 Å². The number of rotatable bonds is 3. The summed E-state index contributed by atoms with van der Waals surface area (Å²) in [6.07, 6.45) is 0. The maximum absolute atomic E-state index is 10.7. The molecule has 0 aromatic carbocycles. The van der Waals surface area contributed by atoms with Gasteiger partial charge < -0.3 is 0 Å². The molecule has 8 heteroatoms. The molecule has 0 atom stereocenters. The first-order valence-electron chi connectivity index (χ1n) is 3.59. The molecule has 0 aliphatic carbocycles. The Kier molecular flexibility index (Phi) is 2.87. The van der Waals surface area contributed by atoms with Crippen LogP contribution in [0.5, 0.6) is 0 Å². The van der Waals surface area contributed by atoms with Crippen LogP contribution >= 0.6 is 10.7 Å². The molecule has 6 nitrogen and oxygen atoms in total. The third-order valence-corrected chi connectivity index (χ3v) is 2.28. The molecule has 1 rings (SSSR count).